The quantitative estimate of drug-likeness (QED) is 0.0527. The molecule has 0 bridgehead atoms. The molecular formula is C58H74O36. The zero-order chi connectivity index (χ0) is 70.3. The number of rotatable bonds is 26. The summed E-state index contributed by atoms with van der Waals surface area (Å²) >= 11 is 0. The number of hydrogen-bond acceptors (Lipinski definition) is 36. The topological polar surface area (TPSA) is 442 Å². The highest BCUT2D eigenvalue weighted by molar-refractivity contribution is 5.71. The summed E-state index contributed by atoms with van der Waals surface area (Å²) in [5.74, 6) is -3.24. The Hall–Kier alpha value is -8.62. The van der Waals surface area contributed by atoms with Gasteiger partial charge in [-0.1, -0.05) is 11.8 Å². The molecule has 94 heavy (non-hydrogen) atoms. The molecule has 4 rings (SSSR count). The number of carbonyl (C=O) groups excluding carboxylic acids is 14. The highest BCUT2D eigenvalue weighted by atomic mass is 16.8. The molecule has 4 heterocycles. The fraction of sp³-hybridized carbons (Fsp3) is 0.690. The van der Waals surface area contributed by atoms with E-state index in [-0.39, 0.29) is 0 Å². The average molecular weight is 1350 g/mol. The van der Waals surface area contributed by atoms with E-state index in [0.29, 0.717) is 0 Å². The van der Waals surface area contributed by atoms with Crippen molar-refractivity contribution in [2.45, 2.75) is 220 Å². The number of hydrogen-bond donors (Lipinski definition) is 0. The molecule has 4 aliphatic rings. The molecule has 0 N–H and O–H groups in total. The Kier molecular flexibility index (Phi) is 30.9. The highest BCUT2D eigenvalue weighted by Crippen LogP contribution is 2.38. The summed E-state index contributed by atoms with van der Waals surface area (Å²) in [6, 6.07) is 0. The summed E-state index contributed by atoms with van der Waals surface area (Å²) < 4.78 is 125. The summed E-state index contributed by atoms with van der Waals surface area (Å²) in [6.45, 7) is 9.88. The Labute approximate surface area is 536 Å². The van der Waals surface area contributed by atoms with Gasteiger partial charge in [-0.05, 0) is 11.8 Å². The third kappa shape index (κ3) is 25.0. The van der Waals surface area contributed by atoms with Gasteiger partial charge in [0.05, 0.1) is 0 Å². The molecule has 4 fully saturated rings. The zero-order valence-electron chi connectivity index (χ0n) is 53.5. The molecule has 0 aromatic carbocycles. The SMILES string of the molecule is CC(=O)OC[C@H]1O[C@@H](O[C@H]2[C@H](OC(C)=O)[C@@H](OC(C)=O)[C@H](OCC#CC#CCO[C@@H]3O[C@H](COC(C)=O)[C@@H](O[C@@H]4O[C@H](COC(C)=O)[C@H](OC(C)=O)[C@H](OC(C)=O)[C@H]4OC(C)=O)[C@H](OC(C)=O)[C@H]3OC(C)=O)O[C@@H]2COC(C)=O)[C@H](OC(C)=O)[C@@H](OC(C)=O)[C@H]1OC(C)=O. The first kappa shape index (κ1) is 77.8. The van der Waals surface area contributed by atoms with Crippen LogP contribution in [0.25, 0.3) is 0 Å². The van der Waals surface area contributed by atoms with Crippen molar-refractivity contribution in [3.8, 4) is 23.7 Å². The summed E-state index contributed by atoms with van der Waals surface area (Å²) in [5, 5.41) is 0. The smallest absolute Gasteiger partial charge is 0.303 e. The van der Waals surface area contributed by atoms with E-state index < -0.39 is 246 Å². The number of carbonyl (C=O) groups is 14. The Morgan fingerprint density at radius 1 is 0.245 bits per heavy atom. The molecule has 0 radical (unpaired) electrons. The average Bonchev–Trinajstić information content (AvgIpc) is 0.778. The second-order valence-electron chi connectivity index (χ2n) is 20.5. The van der Waals surface area contributed by atoms with Crippen molar-refractivity contribution in [1.82, 2.24) is 0 Å². The number of esters is 14. The summed E-state index contributed by atoms with van der Waals surface area (Å²) in [7, 11) is 0. The molecular weight excluding hydrogens is 1270 g/mol. The van der Waals surface area contributed by atoms with E-state index in [1.807, 2.05) is 0 Å². The van der Waals surface area contributed by atoms with Gasteiger partial charge in [0.25, 0.3) is 0 Å². The summed E-state index contributed by atoms with van der Waals surface area (Å²) in [5.41, 5.74) is 0. The minimum absolute atomic E-state index is 0.626. The molecule has 0 spiro atoms. The maximum Gasteiger partial charge on any atom is 0.303 e. The molecule has 20 atom stereocenters. The lowest BCUT2D eigenvalue weighted by Crippen LogP contribution is -2.67. The van der Waals surface area contributed by atoms with Gasteiger partial charge in [0, 0.05) is 96.9 Å². The van der Waals surface area contributed by atoms with Crippen LogP contribution in [0.15, 0.2) is 0 Å². The molecule has 0 saturated carbocycles. The van der Waals surface area contributed by atoms with Crippen LogP contribution >= 0.6 is 0 Å². The third-order valence-electron chi connectivity index (χ3n) is 12.7. The lowest BCUT2D eigenvalue weighted by molar-refractivity contribution is -0.360. The maximum atomic E-state index is 12.9. The second kappa shape index (κ2) is 37.3. The van der Waals surface area contributed by atoms with Crippen molar-refractivity contribution >= 4 is 83.6 Å². The molecule has 0 amide bonds. The van der Waals surface area contributed by atoms with E-state index >= 15 is 0 Å². The van der Waals surface area contributed by atoms with Crippen LogP contribution in [0.4, 0.5) is 0 Å². The van der Waals surface area contributed by atoms with Crippen LogP contribution in [-0.4, -0.2) is 246 Å². The fourth-order valence-electron chi connectivity index (χ4n) is 9.62. The molecule has 522 valence electrons. The van der Waals surface area contributed by atoms with Gasteiger partial charge in [-0.2, -0.15) is 0 Å². The predicted octanol–water partition coefficient (Wildman–Crippen LogP) is -1.73. The van der Waals surface area contributed by atoms with Gasteiger partial charge >= 0.3 is 83.6 Å². The van der Waals surface area contributed by atoms with Crippen molar-refractivity contribution in [2.75, 3.05) is 39.6 Å². The Bertz CT molecular complexity index is 2690. The Morgan fingerprint density at radius 2 is 0.436 bits per heavy atom. The Morgan fingerprint density at radius 3 is 0.670 bits per heavy atom. The van der Waals surface area contributed by atoms with E-state index in [4.69, 9.17) is 104 Å². The standard InChI is InChI=1S/C58H74O36/c1-25(59)75-21-39-43(79-29(5)63)47(81-31(7)65)53(87-37(13)71)57(91-39)93-45-41(23-77-27(3)61)89-55(51(85-35(11)69)49(45)83-33(9)67)73-19-17-15-16-18-20-74-56-52(86-36(12)70)50(84-34(10)68)46(42(90-56)24-78-28(4)62)94-58-54(88-38(14)72)48(82-32(8)66)44(80-30(6)64)40(92-58)22-76-26(2)60/h39-58H,19-24H2,1-14H3/t39-,40-,41-,42-,43+,44+,45-,46-,47+,48+,49+,50+,51-,52-,53-,54-,55-,56-,57+,58+/m1/s1. The lowest BCUT2D eigenvalue weighted by Gasteiger charge is -2.48. The molecule has 0 aromatic heterocycles. The van der Waals surface area contributed by atoms with Crippen molar-refractivity contribution < 1.29 is 171 Å². The largest absolute Gasteiger partial charge is 0.463 e. The van der Waals surface area contributed by atoms with Crippen LogP contribution in [0.5, 0.6) is 0 Å². The van der Waals surface area contributed by atoms with Crippen LogP contribution in [0.2, 0.25) is 0 Å². The van der Waals surface area contributed by atoms with Gasteiger partial charge in [-0.15, -0.1) is 0 Å². The lowest BCUT2D eigenvalue weighted by atomic mass is 9.96. The van der Waals surface area contributed by atoms with Crippen LogP contribution < -0.4 is 0 Å². The first-order valence-electron chi connectivity index (χ1n) is 28.5. The molecule has 4 saturated heterocycles. The maximum absolute atomic E-state index is 12.9. The van der Waals surface area contributed by atoms with Crippen LogP contribution in [0.3, 0.4) is 0 Å². The predicted molar refractivity (Wildman–Crippen MR) is 294 cm³/mol. The van der Waals surface area contributed by atoms with Gasteiger partial charge in [-0.25, -0.2) is 0 Å². The van der Waals surface area contributed by atoms with E-state index in [1.165, 1.54) is 0 Å². The van der Waals surface area contributed by atoms with Gasteiger partial charge in [0.2, 0.25) is 0 Å². The molecule has 36 nitrogen and oxygen atoms in total. The van der Waals surface area contributed by atoms with E-state index in [9.17, 15) is 67.1 Å². The number of ether oxygens (including phenoxy) is 22. The first-order valence-corrected chi connectivity index (χ1v) is 28.5. The van der Waals surface area contributed by atoms with E-state index in [1.54, 1.807) is 0 Å². The summed E-state index contributed by atoms with van der Waals surface area (Å²) in [4.78, 5) is 175. The molecule has 0 aromatic rings. The summed E-state index contributed by atoms with van der Waals surface area (Å²) in [6.07, 6.45) is -34.9. The molecule has 4 aliphatic heterocycles. The minimum atomic E-state index is -1.95. The van der Waals surface area contributed by atoms with Crippen molar-refractivity contribution in [2.24, 2.45) is 0 Å². The van der Waals surface area contributed by atoms with E-state index in [0.717, 1.165) is 96.9 Å². The highest BCUT2D eigenvalue weighted by Gasteiger charge is 2.60. The monoisotopic (exact) mass is 1350 g/mol. The van der Waals surface area contributed by atoms with Crippen molar-refractivity contribution in [3.05, 3.63) is 0 Å². The second-order valence-corrected chi connectivity index (χ2v) is 20.5. The third-order valence-corrected chi connectivity index (χ3v) is 12.7. The molecule has 0 aliphatic carbocycles. The molecule has 36 heteroatoms. The van der Waals surface area contributed by atoms with E-state index in [2.05, 4.69) is 23.7 Å². The van der Waals surface area contributed by atoms with Gasteiger partial charge in [-0.3, -0.25) is 67.1 Å². The molecule has 0 unspecified atom stereocenters. The zero-order valence-corrected chi connectivity index (χ0v) is 53.5. The van der Waals surface area contributed by atoms with Crippen molar-refractivity contribution in [1.29, 1.82) is 0 Å². The first-order chi connectivity index (χ1) is 44.1. The van der Waals surface area contributed by atoms with Crippen LogP contribution in [-0.2, 0) is 171 Å². The normalized spacial score (nSPS) is 30.1. The minimum Gasteiger partial charge on any atom is -0.463 e. The van der Waals surface area contributed by atoms with Gasteiger partial charge < -0.3 is 104 Å². The van der Waals surface area contributed by atoms with Crippen LogP contribution in [0, 0.1) is 23.7 Å². The van der Waals surface area contributed by atoms with Gasteiger partial charge in [0.15, 0.2) is 86.2 Å². The van der Waals surface area contributed by atoms with Crippen molar-refractivity contribution in [3.63, 3.8) is 0 Å². The van der Waals surface area contributed by atoms with Gasteiger partial charge in [0.1, 0.15) is 76.3 Å². The Balaban J connectivity index is 1.69. The fourth-order valence-corrected chi connectivity index (χ4v) is 9.62. The van der Waals surface area contributed by atoms with Crippen LogP contribution in [0.1, 0.15) is 96.9 Å².